The number of hydrogen-bond acceptors (Lipinski definition) is 6. The summed E-state index contributed by atoms with van der Waals surface area (Å²) in [5.41, 5.74) is 2.47. The van der Waals surface area contributed by atoms with Crippen molar-refractivity contribution in [2.75, 3.05) is 19.4 Å². The van der Waals surface area contributed by atoms with Crippen molar-refractivity contribution in [2.45, 2.75) is 26.1 Å². The number of aromatic hydroxyl groups is 1. The van der Waals surface area contributed by atoms with Crippen LogP contribution in [0, 0.1) is 6.92 Å². The Labute approximate surface area is 195 Å². The number of pyridine rings is 1. The van der Waals surface area contributed by atoms with Crippen LogP contribution in [-0.2, 0) is 19.1 Å². The molecule has 0 unspecified atom stereocenters. The Kier molecular flexibility index (Phi) is 6.39. The van der Waals surface area contributed by atoms with Crippen molar-refractivity contribution in [1.29, 1.82) is 0 Å². The van der Waals surface area contributed by atoms with Crippen LogP contribution in [0.4, 0.5) is 24.8 Å². The number of hydrogen-bond donors (Lipinski definition) is 2. The molecule has 9 heteroatoms. The van der Waals surface area contributed by atoms with Gasteiger partial charge in [-0.1, -0.05) is 24.3 Å². The highest BCUT2D eigenvalue weighted by Crippen LogP contribution is 2.35. The molecule has 2 N–H and O–H groups in total. The number of nitrogens with zero attached hydrogens (tertiary/aromatic N) is 4. The van der Waals surface area contributed by atoms with Crippen molar-refractivity contribution in [3.63, 3.8) is 0 Å². The fourth-order valence-corrected chi connectivity index (χ4v) is 3.67. The minimum Gasteiger partial charge on any atom is -0.505 e. The van der Waals surface area contributed by atoms with E-state index >= 15 is 0 Å². The lowest BCUT2D eigenvalue weighted by Crippen LogP contribution is -2.11. The Balaban J connectivity index is 1.74. The molecule has 0 spiro atoms. The van der Waals surface area contributed by atoms with Gasteiger partial charge in [-0.25, -0.2) is 15.0 Å². The fourth-order valence-electron chi connectivity index (χ4n) is 3.67. The monoisotopic (exact) mass is 467 g/mol. The number of fused-ring (bicyclic) bond motifs is 1. The zero-order chi connectivity index (χ0) is 24.5. The molecule has 0 fully saturated rings. The average molecular weight is 467 g/mol. The van der Waals surface area contributed by atoms with E-state index in [1.807, 2.05) is 37.2 Å². The summed E-state index contributed by atoms with van der Waals surface area (Å²) >= 11 is 0. The van der Waals surface area contributed by atoms with Crippen LogP contribution in [0.3, 0.4) is 0 Å². The lowest BCUT2D eigenvalue weighted by molar-refractivity contribution is -0.137. The molecule has 0 saturated heterocycles. The number of benzene rings is 2. The molecule has 176 valence electrons. The number of rotatable bonds is 6. The summed E-state index contributed by atoms with van der Waals surface area (Å²) in [7, 11) is 3.86. The number of aryl methyl sites for hydroxylation is 1. The molecule has 2 aromatic carbocycles. The smallest absolute Gasteiger partial charge is 0.416 e. The van der Waals surface area contributed by atoms with Gasteiger partial charge in [-0.05, 0) is 50.8 Å². The largest absolute Gasteiger partial charge is 0.505 e. The van der Waals surface area contributed by atoms with Crippen LogP contribution in [-0.4, -0.2) is 39.1 Å². The molecule has 34 heavy (non-hydrogen) atoms. The van der Waals surface area contributed by atoms with Crippen molar-refractivity contribution in [1.82, 2.24) is 19.9 Å². The number of alkyl halides is 3. The quantitative estimate of drug-likeness (QED) is 0.393. The topological polar surface area (TPSA) is 74.2 Å². The third-order valence-corrected chi connectivity index (χ3v) is 5.31. The highest BCUT2D eigenvalue weighted by molar-refractivity contribution is 5.86. The zero-order valence-corrected chi connectivity index (χ0v) is 19.0. The highest BCUT2D eigenvalue weighted by atomic mass is 19.4. The molecule has 2 aromatic heterocycles. The van der Waals surface area contributed by atoms with E-state index in [4.69, 9.17) is 0 Å². The Morgan fingerprint density at radius 3 is 2.41 bits per heavy atom. The van der Waals surface area contributed by atoms with Gasteiger partial charge in [0.05, 0.1) is 11.3 Å². The SMILES string of the molecule is Cc1ccnc(Nc2cc(C(F)(F)F)ccc2Cc2ccc3ccc(CN(C)C)nc3c2O)n1. The number of phenolic OH excluding ortho intramolecular Hbond substituents is 1. The molecule has 0 bridgehead atoms. The van der Waals surface area contributed by atoms with E-state index < -0.39 is 11.7 Å². The molecule has 6 nitrogen and oxygen atoms in total. The van der Waals surface area contributed by atoms with E-state index in [2.05, 4.69) is 20.3 Å². The zero-order valence-electron chi connectivity index (χ0n) is 19.0. The van der Waals surface area contributed by atoms with E-state index in [0.717, 1.165) is 23.2 Å². The number of aromatic nitrogens is 3. The van der Waals surface area contributed by atoms with Crippen molar-refractivity contribution >= 4 is 22.5 Å². The number of halogens is 3. The van der Waals surface area contributed by atoms with Crippen LogP contribution in [0.25, 0.3) is 10.9 Å². The predicted molar refractivity (Wildman–Crippen MR) is 125 cm³/mol. The van der Waals surface area contributed by atoms with Crippen molar-refractivity contribution in [2.24, 2.45) is 0 Å². The second kappa shape index (κ2) is 9.26. The molecule has 0 aliphatic rings. The van der Waals surface area contributed by atoms with Gasteiger partial charge < -0.3 is 15.3 Å². The summed E-state index contributed by atoms with van der Waals surface area (Å²) in [6.45, 7) is 2.38. The Morgan fingerprint density at radius 1 is 0.971 bits per heavy atom. The lowest BCUT2D eigenvalue weighted by atomic mass is 9.99. The average Bonchev–Trinajstić information content (AvgIpc) is 2.76. The first kappa shape index (κ1) is 23.4. The molecule has 0 aliphatic carbocycles. The normalized spacial score (nSPS) is 11.9. The molecule has 2 heterocycles. The first-order valence-corrected chi connectivity index (χ1v) is 10.6. The van der Waals surface area contributed by atoms with E-state index in [1.54, 1.807) is 19.1 Å². The summed E-state index contributed by atoms with van der Waals surface area (Å²) in [4.78, 5) is 14.9. The predicted octanol–water partition coefficient (Wildman–Crippen LogP) is 5.45. The number of phenols is 1. The van der Waals surface area contributed by atoms with Gasteiger partial charge in [-0.15, -0.1) is 0 Å². The summed E-state index contributed by atoms with van der Waals surface area (Å²) in [6.07, 6.45) is -2.78. The molecular formula is C25H24F3N5O. The Bertz CT molecular complexity index is 1340. The second-order valence-corrected chi connectivity index (χ2v) is 8.38. The third-order valence-electron chi connectivity index (χ3n) is 5.31. The molecule has 0 saturated carbocycles. The molecular weight excluding hydrogens is 443 g/mol. The molecule has 0 amide bonds. The standard InChI is InChI=1S/C25H24F3N5O/c1-15-10-11-29-24(30-15)32-21-13-19(25(26,27)28)8-6-17(21)12-18-5-4-16-7-9-20(14-33(2)3)31-22(16)23(18)34/h4-11,13,34H,12,14H2,1-3H3,(H,29,30,32). The maximum Gasteiger partial charge on any atom is 0.416 e. The Morgan fingerprint density at radius 2 is 1.71 bits per heavy atom. The third kappa shape index (κ3) is 5.26. The minimum absolute atomic E-state index is 0.00996. The van der Waals surface area contributed by atoms with Crippen molar-refractivity contribution in [3.8, 4) is 5.75 Å². The van der Waals surface area contributed by atoms with E-state index in [0.29, 0.717) is 28.9 Å². The maximum absolute atomic E-state index is 13.4. The van der Waals surface area contributed by atoms with E-state index in [1.165, 1.54) is 12.3 Å². The van der Waals surface area contributed by atoms with E-state index in [9.17, 15) is 18.3 Å². The van der Waals surface area contributed by atoms with Gasteiger partial charge in [-0.3, -0.25) is 0 Å². The summed E-state index contributed by atoms with van der Waals surface area (Å²) < 4.78 is 40.2. The van der Waals surface area contributed by atoms with Gasteiger partial charge in [0.25, 0.3) is 0 Å². The summed E-state index contributed by atoms with van der Waals surface area (Å²) in [6, 6.07) is 12.6. The van der Waals surface area contributed by atoms with Crippen LogP contribution >= 0.6 is 0 Å². The van der Waals surface area contributed by atoms with Gasteiger partial charge in [0.15, 0.2) is 0 Å². The maximum atomic E-state index is 13.4. The first-order valence-electron chi connectivity index (χ1n) is 10.6. The van der Waals surface area contributed by atoms with Gasteiger partial charge in [0, 0.05) is 41.5 Å². The summed E-state index contributed by atoms with van der Waals surface area (Å²) in [5, 5.41) is 14.7. The van der Waals surface area contributed by atoms with Crippen LogP contribution in [0.5, 0.6) is 5.75 Å². The van der Waals surface area contributed by atoms with E-state index in [-0.39, 0.29) is 23.8 Å². The van der Waals surface area contributed by atoms with Crippen molar-refractivity contribution < 1.29 is 18.3 Å². The second-order valence-electron chi connectivity index (χ2n) is 8.38. The number of anilines is 2. The van der Waals surface area contributed by atoms with Crippen molar-refractivity contribution in [3.05, 3.63) is 82.8 Å². The summed E-state index contributed by atoms with van der Waals surface area (Å²) in [5.74, 6) is 0.203. The number of nitrogens with one attached hydrogen (secondary N) is 1. The highest BCUT2D eigenvalue weighted by Gasteiger charge is 2.31. The lowest BCUT2D eigenvalue weighted by Gasteiger charge is -2.16. The first-order chi connectivity index (χ1) is 16.1. The minimum atomic E-state index is -4.50. The van der Waals surface area contributed by atoms with Gasteiger partial charge in [0.2, 0.25) is 5.95 Å². The Hall–Kier alpha value is -3.72. The molecule has 0 aliphatic heterocycles. The fraction of sp³-hybridized carbons (Fsp3) is 0.240. The van der Waals surface area contributed by atoms with Crippen LogP contribution < -0.4 is 5.32 Å². The molecule has 4 aromatic rings. The van der Waals surface area contributed by atoms with Gasteiger partial charge in [-0.2, -0.15) is 13.2 Å². The molecule has 4 rings (SSSR count). The van der Waals surface area contributed by atoms with Crippen LogP contribution in [0.15, 0.2) is 54.7 Å². The van der Waals surface area contributed by atoms with Crippen LogP contribution in [0.2, 0.25) is 0 Å². The molecule has 0 radical (unpaired) electrons. The van der Waals surface area contributed by atoms with Crippen LogP contribution in [0.1, 0.15) is 28.1 Å². The molecule has 0 atom stereocenters. The van der Waals surface area contributed by atoms with Gasteiger partial charge in [0.1, 0.15) is 11.3 Å². The van der Waals surface area contributed by atoms with Gasteiger partial charge >= 0.3 is 6.18 Å².